The molecule has 0 unspecified atom stereocenters. The fourth-order valence-corrected chi connectivity index (χ4v) is 1.75. The molecular formula is C13H21NO. The molecule has 1 rings (SSSR count). The van der Waals surface area contributed by atoms with Crippen LogP contribution in [0.2, 0.25) is 0 Å². The van der Waals surface area contributed by atoms with Crippen molar-refractivity contribution in [1.82, 2.24) is 0 Å². The van der Waals surface area contributed by atoms with Gasteiger partial charge in [-0.05, 0) is 44.4 Å². The van der Waals surface area contributed by atoms with E-state index in [0.29, 0.717) is 0 Å². The molecule has 0 atom stereocenters. The van der Waals surface area contributed by atoms with E-state index >= 15 is 0 Å². The van der Waals surface area contributed by atoms with Crippen LogP contribution in [-0.4, -0.2) is 24.8 Å². The van der Waals surface area contributed by atoms with Gasteiger partial charge in [-0.25, -0.2) is 0 Å². The van der Waals surface area contributed by atoms with Gasteiger partial charge in [-0.2, -0.15) is 0 Å². The largest absolute Gasteiger partial charge is 0.396 e. The molecule has 1 aromatic rings. The quantitative estimate of drug-likeness (QED) is 0.774. The highest BCUT2D eigenvalue weighted by Crippen LogP contribution is 2.15. The smallest absolute Gasteiger partial charge is 0.0434 e. The lowest BCUT2D eigenvalue weighted by atomic mass is 10.1. The van der Waals surface area contributed by atoms with E-state index in [1.165, 1.54) is 11.3 Å². The number of hydrogen-bond donors (Lipinski definition) is 1. The third-order valence-electron chi connectivity index (χ3n) is 2.69. The van der Waals surface area contributed by atoms with Gasteiger partial charge in [0.25, 0.3) is 0 Å². The molecule has 15 heavy (non-hydrogen) atoms. The molecule has 0 saturated heterocycles. The molecule has 0 saturated carbocycles. The molecule has 0 aliphatic heterocycles. The van der Waals surface area contributed by atoms with E-state index in [0.717, 1.165) is 25.9 Å². The SMILES string of the molecule is CCN(CC)c1ccc(CCCO)cc1. The molecule has 0 spiro atoms. The molecule has 2 nitrogen and oxygen atoms in total. The van der Waals surface area contributed by atoms with Crippen LogP contribution in [0.3, 0.4) is 0 Å². The van der Waals surface area contributed by atoms with Crippen molar-refractivity contribution in [3.8, 4) is 0 Å². The van der Waals surface area contributed by atoms with Gasteiger partial charge >= 0.3 is 0 Å². The maximum Gasteiger partial charge on any atom is 0.0434 e. The summed E-state index contributed by atoms with van der Waals surface area (Å²) in [6, 6.07) is 8.64. The number of anilines is 1. The van der Waals surface area contributed by atoms with E-state index in [2.05, 4.69) is 43.0 Å². The lowest BCUT2D eigenvalue weighted by molar-refractivity contribution is 0.288. The zero-order valence-electron chi connectivity index (χ0n) is 9.74. The minimum atomic E-state index is 0.276. The number of nitrogens with zero attached hydrogens (tertiary/aromatic N) is 1. The molecule has 0 fully saturated rings. The van der Waals surface area contributed by atoms with Gasteiger partial charge in [-0.1, -0.05) is 12.1 Å². The number of aryl methyl sites for hydroxylation is 1. The highest BCUT2D eigenvalue weighted by atomic mass is 16.2. The van der Waals surface area contributed by atoms with Crippen LogP contribution in [0, 0.1) is 0 Å². The zero-order valence-corrected chi connectivity index (χ0v) is 9.74. The number of rotatable bonds is 6. The van der Waals surface area contributed by atoms with Crippen LogP contribution >= 0.6 is 0 Å². The lowest BCUT2D eigenvalue weighted by Crippen LogP contribution is -2.21. The molecule has 2 heteroatoms. The van der Waals surface area contributed by atoms with Gasteiger partial charge < -0.3 is 10.0 Å². The van der Waals surface area contributed by atoms with Gasteiger partial charge in [0.2, 0.25) is 0 Å². The third kappa shape index (κ3) is 3.56. The van der Waals surface area contributed by atoms with E-state index in [4.69, 9.17) is 5.11 Å². The number of benzene rings is 1. The van der Waals surface area contributed by atoms with Crippen LogP contribution in [0.1, 0.15) is 25.8 Å². The topological polar surface area (TPSA) is 23.5 Å². The Labute approximate surface area is 92.5 Å². The van der Waals surface area contributed by atoms with Gasteiger partial charge in [0.05, 0.1) is 0 Å². The summed E-state index contributed by atoms with van der Waals surface area (Å²) in [4.78, 5) is 2.33. The van der Waals surface area contributed by atoms with Crippen molar-refractivity contribution < 1.29 is 5.11 Å². The maximum absolute atomic E-state index is 8.74. The van der Waals surface area contributed by atoms with Crippen molar-refractivity contribution in [2.45, 2.75) is 26.7 Å². The van der Waals surface area contributed by atoms with Gasteiger partial charge in [0.15, 0.2) is 0 Å². The van der Waals surface area contributed by atoms with Gasteiger partial charge in [0.1, 0.15) is 0 Å². The molecule has 0 amide bonds. The first-order chi connectivity index (χ1) is 7.31. The average molecular weight is 207 g/mol. The first kappa shape index (κ1) is 12.1. The molecule has 0 aliphatic rings. The van der Waals surface area contributed by atoms with Crippen molar-refractivity contribution in [3.63, 3.8) is 0 Å². The fraction of sp³-hybridized carbons (Fsp3) is 0.538. The molecule has 0 bridgehead atoms. The van der Waals surface area contributed by atoms with Crippen molar-refractivity contribution in [3.05, 3.63) is 29.8 Å². The van der Waals surface area contributed by atoms with E-state index < -0.39 is 0 Å². The monoisotopic (exact) mass is 207 g/mol. The van der Waals surface area contributed by atoms with Gasteiger partial charge in [-0.3, -0.25) is 0 Å². The number of hydrogen-bond acceptors (Lipinski definition) is 2. The molecule has 84 valence electrons. The van der Waals surface area contributed by atoms with Crippen LogP contribution in [0.25, 0.3) is 0 Å². The second-order valence-electron chi connectivity index (χ2n) is 3.67. The Kier molecular flexibility index (Phi) is 5.19. The molecule has 0 aromatic heterocycles. The van der Waals surface area contributed by atoms with E-state index in [-0.39, 0.29) is 6.61 Å². The van der Waals surface area contributed by atoms with Crippen molar-refractivity contribution in [2.24, 2.45) is 0 Å². The fourth-order valence-electron chi connectivity index (χ4n) is 1.75. The van der Waals surface area contributed by atoms with Crippen LogP contribution in [0.15, 0.2) is 24.3 Å². The minimum Gasteiger partial charge on any atom is -0.396 e. The van der Waals surface area contributed by atoms with Crippen molar-refractivity contribution >= 4 is 5.69 Å². The number of aliphatic hydroxyl groups excluding tert-OH is 1. The Morgan fingerprint density at radius 1 is 1.07 bits per heavy atom. The van der Waals surface area contributed by atoms with Crippen LogP contribution < -0.4 is 4.90 Å². The minimum absolute atomic E-state index is 0.276. The predicted molar refractivity (Wildman–Crippen MR) is 65.4 cm³/mol. The zero-order chi connectivity index (χ0) is 11.1. The summed E-state index contributed by atoms with van der Waals surface area (Å²) >= 11 is 0. The van der Waals surface area contributed by atoms with E-state index in [1.54, 1.807) is 0 Å². The van der Waals surface area contributed by atoms with Crippen molar-refractivity contribution in [1.29, 1.82) is 0 Å². The molecule has 1 N–H and O–H groups in total. The van der Waals surface area contributed by atoms with Crippen LogP contribution in [0.5, 0.6) is 0 Å². The summed E-state index contributed by atoms with van der Waals surface area (Å²) in [5.41, 5.74) is 2.59. The second kappa shape index (κ2) is 6.46. The summed E-state index contributed by atoms with van der Waals surface area (Å²) < 4.78 is 0. The summed E-state index contributed by atoms with van der Waals surface area (Å²) in [7, 11) is 0. The number of aliphatic hydroxyl groups is 1. The second-order valence-corrected chi connectivity index (χ2v) is 3.67. The summed E-state index contributed by atoms with van der Waals surface area (Å²) in [5, 5.41) is 8.74. The van der Waals surface area contributed by atoms with Crippen LogP contribution in [-0.2, 0) is 6.42 Å². The maximum atomic E-state index is 8.74. The standard InChI is InChI=1S/C13H21NO/c1-3-14(4-2)13-9-7-12(8-10-13)6-5-11-15/h7-10,15H,3-6,11H2,1-2H3. The first-order valence-electron chi connectivity index (χ1n) is 5.76. The Hall–Kier alpha value is -1.02. The molecule has 0 heterocycles. The Balaban J connectivity index is 2.62. The molecule has 0 radical (unpaired) electrons. The summed E-state index contributed by atoms with van der Waals surface area (Å²) in [6.07, 6.45) is 1.82. The van der Waals surface area contributed by atoms with E-state index in [9.17, 15) is 0 Å². The highest BCUT2D eigenvalue weighted by molar-refractivity contribution is 5.47. The Morgan fingerprint density at radius 3 is 2.13 bits per heavy atom. The Morgan fingerprint density at radius 2 is 1.67 bits per heavy atom. The predicted octanol–water partition coefficient (Wildman–Crippen LogP) is 2.46. The normalized spacial score (nSPS) is 10.3. The Bertz CT molecular complexity index is 264. The van der Waals surface area contributed by atoms with Gasteiger partial charge in [0, 0.05) is 25.4 Å². The molecule has 1 aromatic carbocycles. The van der Waals surface area contributed by atoms with Gasteiger partial charge in [-0.15, -0.1) is 0 Å². The average Bonchev–Trinajstić information content (AvgIpc) is 2.29. The van der Waals surface area contributed by atoms with E-state index in [1.807, 2.05) is 0 Å². The van der Waals surface area contributed by atoms with Crippen LogP contribution in [0.4, 0.5) is 5.69 Å². The third-order valence-corrected chi connectivity index (χ3v) is 2.69. The summed E-state index contributed by atoms with van der Waals surface area (Å²) in [6.45, 7) is 6.71. The van der Waals surface area contributed by atoms with Crippen molar-refractivity contribution in [2.75, 3.05) is 24.6 Å². The molecular weight excluding hydrogens is 186 g/mol. The highest BCUT2D eigenvalue weighted by Gasteiger charge is 2.00. The first-order valence-corrected chi connectivity index (χ1v) is 5.76. The lowest BCUT2D eigenvalue weighted by Gasteiger charge is -2.21. The molecule has 0 aliphatic carbocycles. The summed E-state index contributed by atoms with van der Waals surface area (Å²) in [5.74, 6) is 0.